The van der Waals surface area contributed by atoms with Crippen LogP contribution in [0.1, 0.15) is 53.0 Å². The summed E-state index contributed by atoms with van der Waals surface area (Å²) in [6.45, 7) is 7.11. The van der Waals surface area contributed by atoms with E-state index in [9.17, 15) is 4.79 Å². The van der Waals surface area contributed by atoms with Crippen molar-refractivity contribution in [2.24, 2.45) is 5.92 Å². The molecule has 22 heavy (non-hydrogen) atoms. The Bertz CT molecular complexity index is 538. The van der Waals surface area contributed by atoms with Crippen LogP contribution in [0.25, 0.3) is 0 Å². The molecule has 2 aliphatic rings. The van der Waals surface area contributed by atoms with E-state index >= 15 is 0 Å². The molecule has 1 saturated carbocycles. The summed E-state index contributed by atoms with van der Waals surface area (Å²) in [5.74, 6) is 1.03. The lowest BCUT2D eigenvalue weighted by molar-refractivity contribution is 0.0680. The lowest BCUT2D eigenvalue weighted by Crippen LogP contribution is -2.43. The fraction of sp³-hybridized carbons (Fsp3) is 0.765. The third-order valence-electron chi connectivity index (χ3n) is 4.83. The molecule has 2 heterocycles. The van der Waals surface area contributed by atoms with Crippen molar-refractivity contribution in [3.8, 4) is 0 Å². The number of thiazole rings is 1. The molecule has 1 atom stereocenters. The molecular formula is C17H27N3OS. The summed E-state index contributed by atoms with van der Waals surface area (Å²) in [6, 6.07) is 0.327. The second-order valence-electron chi connectivity index (χ2n) is 6.85. The maximum Gasteiger partial charge on any atom is 0.266 e. The van der Waals surface area contributed by atoms with Crippen LogP contribution in [-0.4, -0.2) is 53.4 Å². The largest absolute Gasteiger partial charge is 0.334 e. The topological polar surface area (TPSA) is 36.4 Å². The summed E-state index contributed by atoms with van der Waals surface area (Å²) in [4.78, 5) is 23.0. The van der Waals surface area contributed by atoms with Crippen LogP contribution >= 0.6 is 11.3 Å². The zero-order valence-corrected chi connectivity index (χ0v) is 14.8. The van der Waals surface area contributed by atoms with Gasteiger partial charge in [0.2, 0.25) is 0 Å². The summed E-state index contributed by atoms with van der Waals surface area (Å²) in [5, 5.41) is 1.16. The van der Waals surface area contributed by atoms with Crippen LogP contribution in [0.2, 0.25) is 0 Å². The first-order valence-electron chi connectivity index (χ1n) is 8.54. The van der Waals surface area contributed by atoms with E-state index in [4.69, 9.17) is 0 Å². The van der Waals surface area contributed by atoms with Gasteiger partial charge in [0.05, 0.1) is 10.7 Å². The zero-order chi connectivity index (χ0) is 15.7. The van der Waals surface area contributed by atoms with Crippen molar-refractivity contribution in [3.05, 3.63) is 15.6 Å². The van der Waals surface area contributed by atoms with Gasteiger partial charge in [-0.05, 0) is 52.1 Å². The molecule has 0 spiro atoms. The first-order valence-corrected chi connectivity index (χ1v) is 9.36. The molecule has 0 radical (unpaired) electrons. The quantitative estimate of drug-likeness (QED) is 0.855. The average molecular weight is 321 g/mol. The van der Waals surface area contributed by atoms with Gasteiger partial charge in [0, 0.05) is 25.6 Å². The maximum absolute atomic E-state index is 13.0. The summed E-state index contributed by atoms with van der Waals surface area (Å²) >= 11 is 1.63. The lowest BCUT2D eigenvalue weighted by Gasteiger charge is -2.30. The van der Waals surface area contributed by atoms with E-state index in [0.29, 0.717) is 6.04 Å². The van der Waals surface area contributed by atoms with E-state index in [2.05, 4.69) is 28.8 Å². The van der Waals surface area contributed by atoms with Gasteiger partial charge in [-0.1, -0.05) is 6.92 Å². The molecule has 5 heteroatoms. The average Bonchev–Trinajstić information content (AvgIpc) is 3.24. The first-order chi connectivity index (χ1) is 10.6. The van der Waals surface area contributed by atoms with E-state index in [0.717, 1.165) is 60.4 Å². The van der Waals surface area contributed by atoms with Crippen LogP contribution in [0.3, 0.4) is 0 Å². The third-order valence-corrected chi connectivity index (χ3v) is 6.00. The van der Waals surface area contributed by atoms with Gasteiger partial charge in [-0.15, -0.1) is 11.3 Å². The van der Waals surface area contributed by atoms with E-state index in [1.165, 1.54) is 12.8 Å². The summed E-state index contributed by atoms with van der Waals surface area (Å²) in [7, 11) is 2.16. The molecule has 1 saturated heterocycles. The number of hydrogen-bond acceptors (Lipinski definition) is 4. The summed E-state index contributed by atoms with van der Waals surface area (Å²) in [5.41, 5.74) is 0.929. The molecule has 1 unspecified atom stereocenters. The molecule has 1 aliphatic heterocycles. The predicted molar refractivity (Wildman–Crippen MR) is 90.5 cm³/mol. The molecule has 2 fully saturated rings. The fourth-order valence-electron chi connectivity index (χ4n) is 3.30. The highest BCUT2D eigenvalue weighted by Gasteiger charge is 2.30. The Morgan fingerprint density at radius 2 is 2.14 bits per heavy atom. The summed E-state index contributed by atoms with van der Waals surface area (Å²) < 4.78 is 0. The van der Waals surface area contributed by atoms with Crippen LogP contribution in [0.15, 0.2) is 0 Å². The SMILES string of the molecule is CCC1CN(C)CCCN1C(=O)c1sc(CC2CC2)nc1C. The molecule has 1 aromatic rings. The van der Waals surface area contributed by atoms with E-state index < -0.39 is 0 Å². The number of hydrogen-bond donors (Lipinski definition) is 0. The first kappa shape index (κ1) is 15.9. The molecule has 4 nitrogen and oxygen atoms in total. The molecule has 3 rings (SSSR count). The number of rotatable bonds is 4. The van der Waals surface area contributed by atoms with Crippen molar-refractivity contribution in [3.63, 3.8) is 0 Å². The number of carbonyl (C=O) groups excluding carboxylic acids is 1. The number of amides is 1. The second kappa shape index (κ2) is 6.67. The minimum absolute atomic E-state index is 0.208. The molecule has 1 aromatic heterocycles. The summed E-state index contributed by atoms with van der Waals surface area (Å²) in [6.07, 6.45) is 5.81. The Kier molecular flexibility index (Phi) is 4.83. The van der Waals surface area contributed by atoms with E-state index in [-0.39, 0.29) is 5.91 Å². The van der Waals surface area contributed by atoms with Gasteiger partial charge in [-0.2, -0.15) is 0 Å². The zero-order valence-electron chi connectivity index (χ0n) is 14.0. The maximum atomic E-state index is 13.0. The van der Waals surface area contributed by atoms with Crippen LogP contribution in [0, 0.1) is 12.8 Å². The van der Waals surface area contributed by atoms with Crippen molar-refractivity contribution < 1.29 is 4.79 Å². The fourth-order valence-corrected chi connectivity index (χ4v) is 4.43. The monoisotopic (exact) mass is 321 g/mol. The standard InChI is InChI=1S/C17H27N3OS/c1-4-14-11-19(3)8-5-9-20(14)17(21)16-12(2)18-15(22-16)10-13-6-7-13/h13-14H,4-11H2,1-3H3. The van der Waals surface area contributed by atoms with Crippen LogP contribution < -0.4 is 0 Å². The Labute approximate surface area is 137 Å². The number of nitrogens with zero attached hydrogens (tertiary/aromatic N) is 3. The molecule has 1 aliphatic carbocycles. The Morgan fingerprint density at radius 3 is 2.82 bits per heavy atom. The van der Waals surface area contributed by atoms with Crippen LogP contribution in [-0.2, 0) is 6.42 Å². The molecule has 0 aromatic carbocycles. The van der Waals surface area contributed by atoms with Crippen molar-refractivity contribution in [1.82, 2.24) is 14.8 Å². The number of carbonyl (C=O) groups is 1. The molecular weight excluding hydrogens is 294 g/mol. The molecule has 0 bridgehead atoms. The van der Waals surface area contributed by atoms with Gasteiger partial charge in [0.25, 0.3) is 5.91 Å². The molecule has 1 amide bonds. The van der Waals surface area contributed by atoms with Gasteiger partial charge in [-0.3, -0.25) is 4.79 Å². The van der Waals surface area contributed by atoms with Gasteiger partial charge < -0.3 is 9.80 Å². The van der Waals surface area contributed by atoms with Crippen molar-refractivity contribution in [2.45, 2.75) is 52.0 Å². The highest BCUT2D eigenvalue weighted by molar-refractivity contribution is 7.13. The number of likely N-dealkylation sites (N-methyl/N-ethyl adjacent to an activating group) is 1. The van der Waals surface area contributed by atoms with Crippen LogP contribution in [0.5, 0.6) is 0 Å². The molecule has 122 valence electrons. The predicted octanol–water partition coefficient (Wildman–Crippen LogP) is 2.96. The Hall–Kier alpha value is -0.940. The number of aryl methyl sites for hydroxylation is 1. The minimum Gasteiger partial charge on any atom is -0.334 e. The molecule has 0 N–H and O–H groups in total. The minimum atomic E-state index is 0.208. The van der Waals surface area contributed by atoms with E-state index in [1.54, 1.807) is 11.3 Å². The Balaban J connectivity index is 1.77. The van der Waals surface area contributed by atoms with Gasteiger partial charge in [-0.25, -0.2) is 4.98 Å². The van der Waals surface area contributed by atoms with Crippen molar-refractivity contribution in [1.29, 1.82) is 0 Å². The smallest absolute Gasteiger partial charge is 0.266 e. The second-order valence-corrected chi connectivity index (χ2v) is 7.93. The van der Waals surface area contributed by atoms with E-state index in [1.807, 2.05) is 6.92 Å². The number of aromatic nitrogens is 1. The normalized spacial score (nSPS) is 23.6. The van der Waals surface area contributed by atoms with Crippen molar-refractivity contribution >= 4 is 17.2 Å². The van der Waals surface area contributed by atoms with Crippen molar-refractivity contribution in [2.75, 3.05) is 26.7 Å². The third kappa shape index (κ3) is 3.51. The van der Waals surface area contributed by atoms with Gasteiger partial charge in [0.15, 0.2) is 0 Å². The van der Waals surface area contributed by atoms with Gasteiger partial charge >= 0.3 is 0 Å². The lowest BCUT2D eigenvalue weighted by atomic mass is 10.1. The van der Waals surface area contributed by atoms with Gasteiger partial charge in [0.1, 0.15) is 4.88 Å². The highest BCUT2D eigenvalue weighted by Crippen LogP contribution is 2.34. The highest BCUT2D eigenvalue weighted by atomic mass is 32.1. The van der Waals surface area contributed by atoms with Crippen LogP contribution in [0.4, 0.5) is 0 Å². The Morgan fingerprint density at radius 1 is 1.36 bits per heavy atom.